The van der Waals surface area contributed by atoms with Gasteiger partial charge in [-0.3, -0.25) is 0 Å². The molecule has 1 aromatic rings. The number of alkyl halides is 1. The first-order valence-electron chi connectivity index (χ1n) is 6.03. The molecular formula is C14H22FNO. The maximum atomic E-state index is 15.0. The van der Waals surface area contributed by atoms with Crippen LogP contribution in [0.15, 0.2) is 24.3 Å². The van der Waals surface area contributed by atoms with E-state index in [1.165, 1.54) is 6.07 Å². The molecule has 0 saturated heterocycles. The zero-order valence-corrected chi connectivity index (χ0v) is 11.1. The lowest BCUT2D eigenvalue weighted by molar-refractivity contribution is 0.0658. The lowest BCUT2D eigenvalue weighted by Gasteiger charge is -2.33. The van der Waals surface area contributed by atoms with Crippen LogP contribution in [0.2, 0.25) is 0 Å². The number of benzene rings is 1. The summed E-state index contributed by atoms with van der Waals surface area (Å²) in [5.74, 6) is -0.000622. The number of rotatable bonds is 5. The summed E-state index contributed by atoms with van der Waals surface area (Å²) >= 11 is 0. The molecule has 0 aliphatic heterocycles. The molecule has 96 valence electrons. The molecule has 1 rings (SSSR count). The number of phenols is 1. The zero-order valence-electron chi connectivity index (χ0n) is 11.1. The van der Waals surface area contributed by atoms with E-state index in [2.05, 4.69) is 0 Å². The van der Waals surface area contributed by atoms with Crippen molar-refractivity contribution in [2.75, 3.05) is 20.6 Å². The normalized spacial score (nSPS) is 16.8. The van der Waals surface area contributed by atoms with Crippen LogP contribution in [-0.2, 0) is 5.67 Å². The minimum atomic E-state index is -1.39. The molecule has 0 saturated carbocycles. The molecule has 3 heteroatoms. The van der Waals surface area contributed by atoms with E-state index in [0.717, 1.165) is 0 Å². The molecule has 2 unspecified atom stereocenters. The Morgan fingerprint density at radius 3 is 2.53 bits per heavy atom. The van der Waals surface area contributed by atoms with Crippen LogP contribution in [0.5, 0.6) is 5.75 Å². The molecule has 0 bridgehead atoms. The van der Waals surface area contributed by atoms with E-state index < -0.39 is 5.67 Å². The molecule has 0 aliphatic rings. The fraction of sp³-hybridized carbons (Fsp3) is 0.571. The van der Waals surface area contributed by atoms with Crippen molar-refractivity contribution in [2.24, 2.45) is 5.92 Å². The van der Waals surface area contributed by atoms with Crippen molar-refractivity contribution in [3.05, 3.63) is 29.8 Å². The maximum absolute atomic E-state index is 15.0. The molecule has 0 heterocycles. The molecular weight excluding hydrogens is 217 g/mol. The lowest BCUT2D eigenvalue weighted by atomic mass is 9.81. The van der Waals surface area contributed by atoms with Gasteiger partial charge in [0.25, 0.3) is 0 Å². The molecule has 17 heavy (non-hydrogen) atoms. The van der Waals surface area contributed by atoms with Gasteiger partial charge < -0.3 is 10.0 Å². The number of halogens is 1. The highest BCUT2D eigenvalue weighted by atomic mass is 19.1. The van der Waals surface area contributed by atoms with Crippen LogP contribution in [0, 0.1) is 5.92 Å². The third kappa shape index (κ3) is 3.19. The molecule has 0 aliphatic carbocycles. The van der Waals surface area contributed by atoms with Crippen LogP contribution in [0.1, 0.15) is 25.8 Å². The third-order valence-corrected chi connectivity index (χ3v) is 3.26. The fourth-order valence-corrected chi connectivity index (χ4v) is 2.29. The lowest BCUT2D eigenvalue weighted by Crippen LogP contribution is -2.35. The van der Waals surface area contributed by atoms with Gasteiger partial charge in [-0.25, -0.2) is 4.39 Å². The second kappa shape index (κ2) is 5.50. The number of phenolic OH excluding ortho intramolecular Hbond substituents is 1. The van der Waals surface area contributed by atoms with Gasteiger partial charge in [-0.2, -0.15) is 0 Å². The topological polar surface area (TPSA) is 23.5 Å². The Morgan fingerprint density at radius 1 is 1.41 bits per heavy atom. The number of aromatic hydroxyl groups is 1. The van der Waals surface area contributed by atoms with Crippen LogP contribution in [0.4, 0.5) is 4.39 Å². The second-order valence-electron chi connectivity index (χ2n) is 4.93. The van der Waals surface area contributed by atoms with Gasteiger partial charge in [0.05, 0.1) is 0 Å². The van der Waals surface area contributed by atoms with Crippen molar-refractivity contribution in [3.8, 4) is 5.75 Å². The molecule has 0 amide bonds. The van der Waals surface area contributed by atoms with Gasteiger partial charge in [-0.05, 0) is 38.2 Å². The monoisotopic (exact) mass is 239 g/mol. The smallest absolute Gasteiger partial charge is 0.139 e. The predicted octanol–water partition coefficient (Wildman–Crippen LogP) is 3.16. The first-order valence-corrected chi connectivity index (χ1v) is 6.03. The van der Waals surface area contributed by atoms with Crippen LogP contribution >= 0.6 is 0 Å². The van der Waals surface area contributed by atoms with E-state index >= 15 is 4.39 Å². The SMILES string of the molecule is CCC(F)(c1cccc(O)c1)C(C)CN(C)C. The molecule has 2 nitrogen and oxygen atoms in total. The largest absolute Gasteiger partial charge is 0.508 e. The van der Waals surface area contributed by atoms with Gasteiger partial charge >= 0.3 is 0 Å². The summed E-state index contributed by atoms with van der Waals surface area (Å²) < 4.78 is 15.0. The van der Waals surface area contributed by atoms with Crippen molar-refractivity contribution in [1.82, 2.24) is 4.90 Å². The van der Waals surface area contributed by atoms with E-state index in [9.17, 15) is 5.11 Å². The average molecular weight is 239 g/mol. The second-order valence-corrected chi connectivity index (χ2v) is 4.93. The summed E-state index contributed by atoms with van der Waals surface area (Å²) in [7, 11) is 3.88. The summed E-state index contributed by atoms with van der Waals surface area (Å²) in [6.45, 7) is 4.43. The molecule has 1 aromatic carbocycles. The molecule has 0 aromatic heterocycles. The highest BCUT2D eigenvalue weighted by Crippen LogP contribution is 2.38. The summed E-state index contributed by atoms with van der Waals surface area (Å²) in [6.07, 6.45) is 0.408. The summed E-state index contributed by atoms with van der Waals surface area (Å²) in [5.41, 5.74) is -0.822. The van der Waals surface area contributed by atoms with Crippen LogP contribution in [0.25, 0.3) is 0 Å². The average Bonchev–Trinajstić information content (AvgIpc) is 2.27. The summed E-state index contributed by atoms with van der Waals surface area (Å²) in [6, 6.07) is 6.53. The Hall–Kier alpha value is -1.09. The van der Waals surface area contributed by atoms with Crippen molar-refractivity contribution < 1.29 is 9.50 Å². The quantitative estimate of drug-likeness (QED) is 0.853. The molecule has 0 spiro atoms. The van der Waals surface area contributed by atoms with E-state index in [-0.39, 0.29) is 11.7 Å². The van der Waals surface area contributed by atoms with E-state index in [1.54, 1.807) is 18.2 Å². The molecule has 2 atom stereocenters. The minimum absolute atomic E-state index is 0.120. The number of hydrogen-bond acceptors (Lipinski definition) is 2. The Morgan fingerprint density at radius 2 is 2.06 bits per heavy atom. The van der Waals surface area contributed by atoms with E-state index in [1.807, 2.05) is 32.8 Å². The van der Waals surface area contributed by atoms with E-state index in [0.29, 0.717) is 18.5 Å². The van der Waals surface area contributed by atoms with Gasteiger partial charge in [0.15, 0.2) is 0 Å². The summed E-state index contributed by atoms with van der Waals surface area (Å²) in [4.78, 5) is 1.98. The van der Waals surface area contributed by atoms with Crippen LogP contribution in [0.3, 0.4) is 0 Å². The van der Waals surface area contributed by atoms with Gasteiger partial charge in [-0.15, -0.1) is 0 Å². The maximum Gasteiger partial charge on any atom is 0.139 e. The predicted molar refractivity (Wildman–Crippen MR) is 68.9 cm³/mol. The Kier molecular flexibility index (Phi) is 4.52. The molecule has 1 N–H and O–H groups in total. The van der Waals surface area contributed by atoms with Crippen molar-refractivity contribution in [1.29, 1.82) is 0 Å². The molecule has 0 fully saturated rings. The van der Waals surface area contributed by atoms with Gasteiger partial charge in [0, 0.05) is 12.5 Å². The first kappa shape index (κ1) is 14.0. The summed E-state index contributed by atoms with van der Waals surface area (Å²) in [5, 5.41) is 9.46. The fourth-order valence-electron chi connectivity index (χ4n) is 2.29. The number of nitrogens with zero attached hydrogens (tertiary/aromatic N) is 1. The van der Waals surface area contributed by atoms with Crippen LogP contribution < -0.4 is 0 Å². The van der Waals surface area contributed by atoms with Crippen molar-refractivity contribution in [3.63, 3.8) is 0 Å². The van der Waals surface area contributed by atoms with Crippen molar-refractivity contribution in [2.45, 2.75) is 25.9 Å². The molecule has 0 radical (unpaired) electrons. The minimum Gasteiger partial charge on any atom is -0.508 e. The van der Waals surface area contributed by atoms with Gasteiger partial charge in [0.2, 0.25) is 0 Å². The Bertz CT molecular complexity index is 367. The van der Waals surface area contributed by atoms with E-state index in [4.69, 9.17) is 0 Å². The number of hydrogen-bond donors (Lipinski definition) is 1. The van der Waals surface area contributed by atoms with Gasteiger partial charge in [-0.1, -0.05) is 26.0 Å². The Balaban J connectivity index is 3.02. The Labute approximate surface area is 103 Å². The van der Waals surface area contributed by atoms with Gasteiger partial charge in [0.1, 0.15) is 11.4 Å². The zero-order chi connectivity index (χ0) is 13.1. The van der Waals surface area contributed by atoms with Crippen LogP contribution in [-0.4, -0.2) is 30.6 Å². The van der Waals surface area contributed by atoms with Crippen molar-refractivity contribution >= 4 is 0 Å². The first-order chi connectivity index (χ1) is 7.90. The highest BCUT2D eigenvalue weighted by Gasteiger charge is 2.36. The third-order valence-electron chi connectivity index (χ3n) is 3.26. The highest BCUT2D eigenvalue weighted by molar-refractivity contribution is 5.32. The standard InChI is InChI=1S/C14H22FNO/c1-5-14(15,11(2)10-16(3)4)12-7-6-8-13(17)9-12/h6-9,11,17H,5,10H2,1-4H3.